The number of aliphatic hydroxyl groups is 3. The molecule has 0 fully saturated rings. The minimum atomic E-state index is -0.403. The Kier molecular flexibility index (Phi) is 14.6. The van der Waals surface area contributed by atoms with Crippen LogP contribution >= 0.6 is 0 Å². The van der Waals surface area contributed by atoms with E-state index >= 15 is 0 Å². The summed E-state index contributed by atoms with van der Waals surface area (Å²) in [6.07, 6.45) is -1.18. The average Bonchev–Trinajstić information content (AvgIpc) is 2.48. The van der Waals surface area contributed by atoms with Gasteiger partial charge in [-0.15, -0.1) is 0 Å². The molecule has 0 radical (unpaired) electrons. The summed E-state index contributed by atoms with van der Waals surface area (Å²) in [6, 6.07) is 0. The highest BCUT2D eigenvalue weighted by atomic mass is 16.3. The number of hydrogen-bond acceptors (Lipinski definition) is 8. The van der Waals surface area contributed by atoms with Gasteiger partial charge in [0.15, 0.2) is 0 Å². The van der Waals surface area contributed by atoms with Crippen LogP contribution in [-0.4, -0.2) is 120 Å². The van der Waals surface area contributed by atoms with Gasteiger partial charge in [0.2, 0.25) is 0 Å². The van der Waals surface area contributed by atoms with Crippen LogP contribution < -0.4 is 11.5 Å². The van der Waals surface area contributed by atoms with Gasteiger partial charge in [0.25, 0.3) is 0 Å². The van der Waals surface area contributed by atoms with Crippen LogP contribution in [0, 0.1) is 0 Å². The van der Waals surface area contributed by atoms with Gasteiger partial charge in [-0.2, -0.15) is 0 Å². The van der Waals surface area contributed by atoms with Crippen LogP contribution in [0.15, 0.2) is 0 Å². The summed E-state index contributed by atoms with van der Waals surface area (Å²) in [5, 5.41) is 29.0. The van der Waals surface area contributed by atoms with Crippen molar-refractivity contribution in [1.82, 2.24) is 14.7 Å². The highest BCUT2D eigenvalue weighted by Crippen LogP contribution is 1.99. The van der Waals surface area contributed by atoms with Crippen LogP contribution in [0.1, 0.15) is 20.8 Å². The van der Waals surface area contributed by atoms with E-state index in [0.717, 1.165) is 39.3 Å². The SMILES string of the molecule is CC(O)CN(CCN)CCN(CCN(CCN)CC(C)O)CC(C)O. The number of nitrogens with zero attached hydrogens (tertiary/aromatic N) is 3. The molecule has 152 valence electrons. The molecule has 0 amide bonds. The molecule has 25 heavy (non-hydrogen) atoms. The molecule has 0 aliphatic rings. The van der Waals surface area contributed by atoms with Crippen LogP contribution in [0.2, 0.25) is 0 Å². The van der Waals surface area contributed by atoms with E-state index in [1.54, 1.807) is 20.8 Å². The molecule has 3 unspecified atom stereocenters. The number of aliphatic hydroxyl groups excluding tert-OH is 3. The zero-order chi connectivity index (χ0) is 19.2. The largest absolute Gasteiger partial charge is 0.392 e. The molecule has 0 aromatic rings. The molecule has 8 heteroatoms. The van der Waals surface area contributed by atoms with E-state index in [-0.39, 0.29) is 12.2 Å². The van der Waals surface area contributed by atoms with Gasteiger partial charge in [0.05, 0.1) is 18.3 Å². The molecule has 0 aromatic carbocycles. The Bertz CT molecular complexity index is 282. The van der Waals surface area contributed by atoms with Crippen molar-refractivity contribution in [2.75, 3.05) is 72.0 Å². The second-order valence-corrected chi connectivity index (χ2v) is 7.03. The molecule has 0 saturated carbocycles. The highest BCUT2D eigenvalue weighted by Gasteiger charge is 2.15. The van der Waals surface area contributed by atoms with Crippen molar-refractivity contribution in [3.05, 3.63) is 0 Å². The summed E-state index contributed by atoms with van der Waals surface area (Å²) < 4.78 is 0. The lowest BCUT2D eigenvalue weighted by molar-refractivity contribution is 0.0831. The minimum absolute atomic E-state index is 0.386. The second-order valence-electron chi connectivity index (χ2n) is 7.03. The van der Waals surface area contributed by atoms with Gasteiger partial charge in [0, 0.05) is 72.0 Å². The second kappa shape index (κ2) is 14.8. The van der Waals surface area contributed by atoms with Gasteiger partial charge in [-0.25, -0.2) is 0 Å². The Balaban J connectivity index is 4.54. The van der Waals surface area contributed by atoms with Gasteiger partial charge in [-0.05, 0) is 20.8 Å². The van der Waals surface area contributed by atoms with Crippen LogP contribution in [0.3, 0.4) is 0 Å². The fourth-order valence-corrected chi connectivity index (χ4v) is 2.93. The van der Waals surface area contributed by atoms with Gasteiger partial charge in [0.1, 0.15) is 0 Å². The van der Waals surface area contributed by atoms with Gasteiger partial charge < -0.3 is 26.8 Å². The van der Waals surface area contributed by atoms with E-state index in [1.165, 1.54) is 0 Å². The van der Waals surface area contributed by atoms with Crippen molar-refractivity contribution >= 4 is 0 Å². The first-order valence-corrected chi connectivity index (χ1v) is 9.39. The molecular weight excluding hydrogens is 322 g/mol. The molecule has 3 atom stereocenters. The molecule has 0 aliphatic heterocycles. The zero-order valence-corrected chi connectivity index (χ0v) is 16.3. The van der Waals surface area contributed by atoms with E-state index in [1.807, 2.05) is 0 Å². The van der Waals surface area contributed by atoms with Gasteiger partial charge in [-0.1, -0.05) is 0 Å². The van der Waals surface area contributed by atoms with Crippen molar-refractivity contribution in [2.24, 2.45) is 11.5 Å². The third kappa shape index (κ3) is 14.5. The minimum Gasteiger partial charge on any atom is -0.392 e. The molecule has 7 N–H and O–H groups in total. The lowest BCUT2D eigenvalue weighted by Crippen LogP contribution is -2.45. The summed E-state index contributed by atoms with van der Waals surface area (Å²) >= 11 is 0. The molecule has 0 bridgehead atoms. The van der Waals surface area contributed by atoms with E-state index in [0.29, 0.717) is 32.7 Å². The topological polar surface area (TPSA) is 122 Å². The molecule has 0 heterocycles. The van der Waals surface area contributed by atoms with Crippen molar-refractivity contribution < 1.29 is 15.3 Å². The smallest absolute Gasteiger partial charge is 0.0639 e. The normalized spacial score (nSPS) is 16.0. The lowest BCUT2D eigenvalue weighted by atomic mass is 10.3. The fourth-order valence-electron chi connectivity index (χ4n) is 2.93. The van der Waals surface area contributed by atoms with Crippen molar-refractivity contribution in [3.63, 3.8) is 0 Å². The summed E-state index contributed by atoms with van der Waals surface area (Å²) in [5.41, 5.74) is 11.3. The summed E-state index contributed by atoms with van der Waals surface area (Å²) in [7, 11) is 0. The van der Waals surface area contributed by atoms with Crippen LogP contribution in [0.4, 0.5) is 0 Å². The number of nitrogens with two attached hydrogens (primary N) is 2. The molecule has 0 aliphatic carbocycles. The maximum atomic E-state index is 9.76. The van der Waals surface area contributed by atoms with E-state index in [2.05, 4.69) is 14.7 Å². The maximum Gasteiger partial charge on any atom is 0.0639 e. The van der Waals surface area contributed by atoms with Gasteiger partial charge >= 0.3 is 0 Å². The van der Waals surface area contributed by atoms with Crippen LogP contribution in [0.25, 0.3) is 0 Å². The Morgan fingerprint density at radius 2 is 0.800 bits per heavy atom. The van der Waals surface area contributed by atoms with E-state index < -0.39 is 6.10 Å². The maximum absolute atomic E-state index is 9.76. The third-order valence-corrected chi connectivity index (χ3v) is 3.92. The first-order valence-electron chi connectivity index (χ1n) is 9.39. The molecular formula is C17H41N5O3. The number of rotatable bonds is 16. The monoisotopic (exact) mass is 363 g/mol. The molecule has 8 nitrogen and oxygen atoms in total. The standard InChI is InChI=1S/C17H41N5O3/c1-15(23)12-20(6-4-18)8-10-22(14-17(3)25)11-9-21(7-5-19)13-16(2)24/h15-17,23-25H,4-14,18-19H2,1-3H3. The zero-order valence-electron chi connectivity index (χ0n) is 16.3. The predicted molar refractivity (Wildman–Crippen MR) is 102 cm³/mol. The third-order valence-electron chi connectivity index (χ3n) is 3.92. The first-order chi connectivity index (χ1) is 11.8. The van der Waals surface area contributed by atoms with Crippen LogP contribution in [-0.2, 0) is 0 Å². The lowest BCUT2D eigenvalue weighted by Gasteiger charge is -2.31. The Morgan fingerprint density at radius 3 is 1.00 bits per heavy atom. The van der Waals surface area contributed by atoms with Crippen molar-refractivity contribution in [3.8, 4) is 0 Å². The molecule has 0 aromatic heterocycles. The quantitative estimate of drug-likeness (QED) is 0.212. The highest BCUT2D eigenvalue weighted by molar-refractivity contribution is 4.71. The summed E-state index contributed by atoms with van der Waals surface area (Å²) in [6.45, 7) is 12.9. The number of hydrogen-bond donors (Lipinski definition) is 5. The average molecular weight is 364 g/mol. The van der Waals surface area contributed by atoms with E-state index in [9.17, 15) is 15.3 Å². The fraction of sp³-hybridized carbons (Fsp3) is 1.00. The summed E-state index contributed by atoms with van der Waals surface area (Å²) in [5.74, 6) is 0. The Hall–Kier alpha value is -0.320. The van der Waals surface area contributed by atoms with Crippen molar-refractivity contribution in [1.29, 1.82) is 0 Å². The van der Waals surface area contributed by atoms with Crippen LogP contribution in [0.5, 0.6) is 0 Å². The van der Waals surface area contributed by atoms with E-state index in [4.69, 9.17) is 11.5 Å². The molecule has 0 spiro atoms. The van der Waals surface area contributed by atoms with Gasteiger partial charge in [-0.3, -0.25) is 14.7 Å². The summed E-state index contributed by atoms with van der Waals surface area (Å²) in [4.78, 5) is 6.50. The first kappa shape index (κ1) is 24.7. The Labute approximate surface area is 153 Å². The van der Waals surface area contributed by atoms with Crippen molar-refractivity contribution in [2.45, 2.75) is 39.1 Å². The predicted octanol–water partition coefficient (Wildman–Crippen LogP) is -2.05. The molecule has 0 rings (SSSR count). The Morgan fingerprint density at radius 1 is 0.560 bits per heavy atom. The molecule has 0 saturated heterocycles.